The molecule has 0 aliphatic heterocycles. The lowest BCUT2D eigenvalue weighted by atomic mass is 9.89. The van der Waals surface area contributed by atoms with Crippen molar-refractivity contribution in [1.29, 1.82) is 0 Å². The average Bonchev–Trinajstić information content (AvgIpc) is 3.01. The van der Waals surface area contributed by atoms with Crippen LogP contribution in [0.3, 0.4) is 0 Å². The van der Waals surface area contributed by atoms with Crippen molar-refractivity contribution in [2.24, 2.45) is 0 Å². The van der Waals surface area contributed by atoms with Gasteiger partial charge in [0.05, 0.1) is 24.3 Å². The van der Waals surface area contributed by atoms with Crippen LogP contribution >= 0.6 is 0 Å². The van der Waals surface area contributed by atoms with E-state index in [0.717, 1.165) is 0 Å². The molecule has 0 bridgehead atoms. The summed E-state index contributed by atoms with van der Waals surface area (Å²) in [7, 11) is 1.52. The van der Waals surface area contributed by atoms with E-state index in [2.05, 4.69) is 10.2 Å². The van der Waals surface area contributed by atoms with Crippen molar-refractivity contribution >= 4 is 0 Å². The summed E-state index contributed by atoms with van der Waals surface area (Å²) in [6.45, 7) is -0.464. The van der Waals surface area contributed by atoms with Crippen LogP contribution in [0.1, 0.15) is 17.0 Å². The molecule has 0 fully saturated rings. The minimum Gasteiger partial charge on any atom is -0.507 e. The molecule has 3 N–H and O–H groups in total. The van der Waals surface area contributed by atoms with Crippen molar-refractivity contribution in [2.45, 2.75) is 5.92 Å². The number of methoxy groups -OCH3 is 1. The Kier molecular flexibility index (Phi) is 4.74. The predicted octanol–water partition coefficient (Wildman–Crippen LogP) is 2.49. The maximum absolute atomic E-state index is 12.4. The van der Waals surface area contributed by atoms with Gasteiger partial charge in [-0.05, 0) is 29.8 Å². The average molecular weight is 355 g/mol. The van der Waals surface area contributed by atoms with Crippen molar-refractivity contribution in [3.8, 4) is 22.8 Å². The van der Waals surface area contributed by atoms with Gasteiger partial charge in [0.15, 0.2) is 0 Å². The predicted molar refractivity (Wildman–Crippen MR) is 95.2 cm³/mol. The zero-order valence-electron chi connectivity index (χ0n) is 13.9. The van der Waals surface area contributed by atoms with Crippen LogP contribution in [0.4, 0.5) is 0 Å². The standard InChI is InChI=1S/C18H17N3O5/c1-26-12-8-6-11(7-9-12)14(10-21(24)25)16-17(19-20-18(16)23)13-4-2-3-5-15(13)22/h2-9,14,22H,10H2,1H3,(H2,19,20,23)/t14-/m1/s1. The molecule has 3 aromatic rings. The summed E-state index contributed by atoms with van der Waals surface area (Å²) in [5.74, 6) is -0.211. The van der Waals surface area contributed by atoms with E-state index < -0.39 is 22.9 Å². The Labute approximate surface area is 148 Å². The summed E-state index contributed by atoms with van der Waals surface area (Å²) in [6, 6.07) is 13.2. The SMILES string of the molecule is COc1ccc([C@@H](C[N+](=O)[O-])c2c(-c3ccccc3O)[nH][nH]c2=O)cc1. The molecule has 0 unspecified atom stereocenters. The topological polar surface area (TPSA) is 121 Å². The number of H-pyrrole nitrogens is 2. The highest BCUT2D eigenvalue weighted by atomic mass is 16.6. The fourth-order valence-electron chi connectivity index (χ4n) is 2.95. The second-order valence-electron chi connectivity index (χ2n) is 5.73. The van der Waals surface area contributed by atoms with E-state index in [1.54, 1.807) is 42.5 Å². The highest BCUT2D eigenvalue weighted by molar-refractivity contribution is 5.70. The molecule has 0 amide bonds. The van der Waals surface area contributed by atoms with Crippen LogP contribution in [0.25, 0.3) is 11.3 Å². The van der Waals surface area contributed by atoms with Crippen molar-refractivity contribution in [1.82, 2.24) is 10.2 Å². The zero-order chi connectivity index (χ0) is 18.7. The fraction of sp³-hybridized carbons (Fsp3) is 0.167. The first kappa shape index (κ1) is 17.3. The minimum absolute atomic E-state index is 0.0291. The Morgan fingerprint density at radius 3 is 2.46 bits per heavy atom. The number of aromatic hydroxyl groups is 1. The van der Waals surface area contributed by atoms with Gasteiger partial charge < -0.3 is 9.84 Å². The number of aromatic nitrogens is 2. The van der Waals surface area contributed by atoms with Crippen LogP contribution in [-0.2, 0) is 0 Å². The van der Waals surface area contributed by atoms with Crippen molar-refractivity contribution < 1.29 is 14.8 Å². The van der Waals surface area contributed by atoms with Gasteiger partial charge in [-0.15, -0.1) is 0 Å². The summed E-state index contributed by atoms with van der Waals surface area (Å²) in [5, 5.41) is 26.6. The molecule has 0 saturated heterocycles. The van der Waals surface area contributed by atoms with E-state index >= 15 is 0 Å². The maximum Gasteiger partial charge on any atom is 0.268 e. The van der Waals surface area contributed by atoms with Crippen LogP contribution in [0.2, 0.25) is 0 Å². The van der Waals surface area contributed by atoms with Gasteiger partial charge in [-0.2, -0.15) is 0 Å². The number of nitrogens with one attached hydrogen (secondary N) is 2. The molecule has 8 heteroatoms. The number of nitro groups is 1. The first-order chi connectivity index (χ1) is 12.5. The molecule has 1 atom stereocenters. The van der Waals surface area contributed by atoms with Gasteiger partial charge in [-0.25, -0.2) is 0 Å². The number of hydrogen-bond acceptors (Lipinski definition) is 5. The van der Waals surface area contributed by atoms with Gasteiger partial charge in [0.2, 0.25) is 6.54 Å². The van der Waals surface area contributed by atoms with Gasteiger partial charge in [0.1, 0.15) is 11.5 Å². The molecule has 0 aliphatic carbocycles. The molecule has 1 heterocycles. The van der Waals surface area contributed by atoms with Gasteiger partial charge in [-0.3, -0.25) is 25.1 Å². The third kappa shape index (κ3) is 3.30. The van der Waals surface area contributed by atoms with E-state index in [9.17, 15) is 20.0 Å². The third-order valence-electron chi connectivity index (χ3n) is 4.19. The fourth-order valence-corrected chi connectivity index (χ4v) is 2.95. The molecular formula is C18H17N3O5. The number of ether oxygens (including phenoxy) is 1. The van der Waals surface area contributed by atoms with Gasteiger partial charge in [0.25, 0.3) is 5.56 Å². The normalized spacial score (nSPS) is 11.9. The Hall–Kier alpha value is -3.55. The van der Waals surface area contributed by atoms with E-state index in [1.807, 2.05) is 0 Å². The lowest BCUT2D eigenvalue weighted by Crippen LogP contribution is -2.20. The molecule has 0 saturated carbocycles. The summed E-state index contributed by atoms with van der Waals surface area (Å²) in [4.78, 5) is 23.2. The molecular weight excluding hydrogens is 338 g/mol. The highest BCUT2D eigenvalue weighted by Crippen LogP contribution is 2.34. The number of phenols is 1. The molecule has 134 valence electrons. The molecule has 0 spiro atoms. The number of nitrogens with zero attached hydrogens (tertiary/aromatic N) is 1. The molecule has 0 radical (unpaired) electrons. The molecule has 26 heavy (non-hydrogen) atoms. The Bertz CT molecular complexity index is 975. The van der Waals surface area contributed by atoms with Crippen LogP contribution in [0, 0.1) is 10.1 Å². The van der Waals surface area contributed by atoms with Crippen LogP contribution < -0.4 is 10.3 Å². The molecule has 8 nitrogen and oxygen atoms in total. The molecule has 2 aromatic carbocycles. The van der Waals surface area contributed by atoms with Gasteiger partial charge in [0, 0.05) is 10.5 Å². The number of phenolic OH excluding ortho intramolecular Hbond substituents is 1. The number of rotatable bonds is 6. The highest BCUT2D eigenvalue weighted by Gasteiger charge is 2.28. The Morgan fingerprint density at radius 2 is 1.85 bits per heavy atom. The number of para-hydroxylation sites is 1. The molecule has 3 rings (SSSR count). The van der Waals surface area contributed by atoms with Crippen LogP contribution in [0.5, 0.6) is 11.5 Å². The first-order valence-electron chi connectivity index (χ1n) is 7.86. The van der Waals surface area contributed by atoms with E-state index in [-0.39, 0.29) is 11.3 Å². The van der Waals surface area contributed by atoms with Gasteiger partial charge >= 0.3 is 0 Å². The van der Waals surface area contributed by atoms with E-state index in [1.165, 1.54) is 13.2 Å². The summed E-state index contributed by atoms with van der Waals surface area (Å²) < 4.78 is 5.11. The van der Waals surface area contributed by atoms with Crippen molar-refractivity contribution in [3.63, 3.8) is 0 Å². The summed E-state index contributed by atoms with van der Waals surface area (Å²) >= 11 is 0. The first-order valence-corrected chi connectivity index (χ1v) is 7.86. The minimum atomic E-state index is -0.791. The Morgan fingerprint density at radius 1 is 1.15 bits per heavy atom. The lowest BCUT2D eigenvalue weighted by molar-refractivity contribution is -0.481. The molecule has 1 aromatic heterocycles. The Balaban J connectivity index is 2.16. The third-order valence-corrected chi connectivity index (χ3v) is 4.19. The van der Waals surface area contributed by atoms with E-state index in [4.69, 9.17) is 4.74 Å². The second-order valence-corrected chi connectivity index (χ2v) is 5.73. The van der Waals surface area contributed by atoms with Gasteiger partial charge in [-0.1, -0.05) is 24.3 Å². The number of benzene rings is 2. The number of hydrogen-bond donors (Lipinski definition) is 3. The monoisotopic (exact) mass is 355 g/mol. The van der Waals surface area contributed by atoms with E-state index in [0.29, 0.717) is 22.6 Å². The van der Waals surface area contributed by atoms with Crippen LogP contribution in [0.15, 0.2) is 53.3 Å². The smallest absolute Gasteiger partial charge is 0.268 e. The van der Waals surface area contributed by atoms with Crippen molar-refractivity contribution in [3.05, 3.63) is 80.1 Å². The maximum atomic E-state index is 12.4. The van der Waals surface area contributed by atoms with Crippen LogP contribution in [-0.4, -0.2) is 33.9 Å². The zero-order valence-corrected chi connectivity index (χ0v) is 13.9. The summed E-state index contributed by atoms with van der Waals surface area (Å²) in [6.07, 6.45) is 0. The largest absolute Gasteiger partial charge is 0.507 e. The summed E-state index contributed by atoms with van der Waals surface area (Å²) in [5.41, 5.74) is 1.06. The second kappa shape index (κ2) is 7.14. The lowest BCUT2D eigenvalue weighted by Gasteiger charge is -2.14. The quantitative estimate of drug-likeness (QED) is 0.463. The number of aromatic amines is 2. The molecule has 0 aliphatic rings. The van der Waals surface area contributed by atoms with Crippen molar-refractivity contribution in [2.75, 3.05) is 13.7 Å².